The fraction of sp³-hybridized carbons (Fsp3) is 0.500. The third-order valence-corrected chi connectivity index (χ3v) is 3.58. The summed E-state index contributed by atoms with van der Waals surface area (Å²) in [6.07, 6.45) is 1.01. The van der Waals surface area contributed by atoms with Crippen LogP contribution < -0.4 is 5.73 Å². The summed E-state index contributed by atoms with van der Waals surface area (Å²) in [5.74, 6) is 2.48. The molecule has 2 nitrogen and oxygen atoms in total. The van der Waals surface area contributed by atoms with Crippen LogP contribution in [-0.2, 0) is 6.42 Å². The van der Waals surface area contributed by atoms with Crippen LogP contribution in [0.2, 0.25) is 0 Å². The number of hydrogen-bond donors (Lipinski definition) is 2. The number of nitrogen functional groups attached to an aromatic ring is 1. The van der Waals surface area contributed by atoms with Crippen LogP contribution in [0.4, 0.5) is 5.69 Å². The highest BCUT2D eigenvalue weighted by atomic mass is 32.2. The van der Waals surface area contributed by atoms with Gasteiger partial charge in [0.15, 0.2) is 0 Å². The van der Waals surface area contributed by atoms with Crippen LogP contribution >= 0.6 is 11.8 Å². The quantitative estimate of drug-likeness (QED) is 0.576. The minimum atomic E-state index is 0.278. The van der Waals surface area contributed by atoms with E-state index >= 15 is 0 Å². The Hall–Kier alpha value is -0.670. The van der Waals surface area contributed by atoms with Gasteiger partial charge in [-0.15, -0.1) is 0 Å². The van der Waals surface area contributed by atoms with Gasteiger partial charge >= 0.3 is 0 Å². The predicted octanol–water partition coefficient (Wildman–Crippen LogP) is 2.17. The lowest BCUT2D eigenvalue weighted by atomic mass is 10.1. The number of anilines is 1. The Morgan fingerprint density at radius 2 is 2.13 bits per heavy atom. The molecule has 0 aliphatic heterocycles. The number of nitrogens with two attached hydrogens (primary N) is 1. The highest BCUT2D eigenvalue weighted by molar-refractivity contribution is 7.99. The van der Waals surface area contributed by atoms with Gasteiger partial charge in [-0.05, 0) is 35.5 Å². The first-order valence-electron chi connectivity index (χ1n) is 5.26. The molecule has 1 rings (SSSR count). The normalized spacial score (nSPS) is 12.7. The van der Waals surface area contributed by atoms with Crippen LogP contribution in [0, 0.1) is 5.92 Å². The van der Waals surface area contributed by atoms with Crippen molar-refractivity contribution in [2.45, 2.75) is 13.3 Å². The molecule has 0 heterocycles. The second-order valence-electron chi connectivity index (χ2n) is 3.81. The van der Waals surface area contributed by atoms with E-state index in [1.165, 1.54) is 5.56 Å². The summed E-state index contributed by atoms with van der Waals surface area (Å²) in [7, 11) is 0. The van der Waals surface area contributed by atoms with Crippen molar-refractivity contribution in [1.82, 2.24) is 0 Å². The zero-order valence-corrected chi connectivity index (χ0v) is 9.96. The van der Waals surface area contributed by atoms with Gasteiger partial charge in [0.2, 0.25) is 0 Å². The Morgan fingerprint density at radius 1 is 1.40 bits per heavy atom. The lowest BCUT2D eigenvalue weighted by Crippen LogP contribution is -2.04. The Bertz CT molecular complexity index is 291. The smallest absolute Gasteiger partial charge is 0.0464 e. The zero-order valence-electron chi connectivity index (χ0n) is 9.15. The SMILES string of the molecule is CC(CO)CSCCc1ccccc1N. The van der Waals surface area contributed by atoms with Gasteiger partial charge in [0.1, 0.15) is 0 Å². The van der Waals surface area contributed by atoms with Crippen molar-refractivity contribution in [1.29, 1.82) is 0 Å². The molecule has 0 saturated carbocycles. The molecular weight excluding hydrogens is 206 g/mol. The van der Waals surface area contributed by atoms with Crippen molar-refractivity contribution in [2.24, 2.45) is 5.92 Å². The number of rotatable bonds is 6. The molecule has 3 heteroatoms. The fourth-order valence-corrected chi connectivity index (χ4v) is 2.32. The molecule has 1 aromatic rings. The second-order valence-corrected chi connectivity index (χ2v) is 4.96. The van der Waals surface area contributed by atoms with Gasteiger partial charge in [-0.1, -0.05) is 25.1 Å². The number of para-hydroxylation sites is 1. The van der Waals surface area contributed by atoms with Crippen molar-refractivity contribution < 1.29 is 5.11 Å². The molecule has 0 bridgehead atoms. The second kappa shape index (κ2) is 6.75. The number of benzene rings is 1. The van der Waals surface area contributed by atoms with Gasteiger partial charge in [-0.25, -0.2) is 0 Å². The number of thioether (sulfide) groups is 1. The van der Waals surface area contributed by atoms with Crippen molar-refractivity contribution in [3.63, 3.8) is 0 Å². The average molecular weight is 225 g/mol. The van der Waals surface area contributed by atoms with Crippen molar-refractivity contribution in [2.75, 3.05) is 23.8 Å². The van der Waals surface area contributed by atoms with Gasteiger partial charge in [-0.3, -0.25) is 0 Å². The molecule has 1 unspecified atom stereocenters. The molecule has 0 fully saturated rings. The molecule has 3 N–H and O–H groups in total. The van der Waals surface area contributed by atoms with E-state index in [2.05, 4.69) is 13.0 Å². The molecule has 1 aromatic carbocycles. The van der Waals surface area contributed by atoms with E-state index in [0.717, 1.165) is 23.6 Å². The molecular formula is C12H19NOS. The van der Waals surface area contributed by atoms with Gasteiger partial charge in [0.05, 0.1) is 0 Å². The van der Waals surface area contributed by atoms with Crippen LogP contribution in [0.5, 0.6) is 0 Å². The average Bonchev–Trinajstić information content (AvgIpc) is 2.26. The first-order chi connectivity index (χ1) is 7.24. The largest absolute Gasteiger partial charge is 0.399 e. The molecule has 84 valence electrons. The zero-order chi connectivity index (χ0) is 11.1. The van der Waals surface area contributed by atoms with Gasteiger partial charge in [0.25, 0.3) is 0 Å². The first-order valence-corrected chi connectivity index (χ1v) is 6.41. The van der Waals surface area contributed by atoms with Crippen LogP contribution in [0.25, 0.3) is 0 Å². The summed E-state index contributed by atoms with van der Waals surface area (Å²) in [6, 6.07) is 7.99. The number of hydrogen-bond acceptors (Lipinski definition) is 3. The summed E-state index contributed by atoms with van der Waals surface area (Å²) >= 11 is 1.87. The van der Waals surface area contributed by atoms with Crippen LogP contribution in [0.3, 0.4) is 0 Å². The lowest BCUT2D eigenvalue weighted by Gasteiger charge is -2.08. The predicted molar refractivity (Wildman–Crippen MR) is 68.1 cm³/mol. The minimum absolute atomic E-state index is 0.278. The highest BCUT2D eigenvalue weighted by Crippen LogP contribution is 2.15. The topological polar surface area (TPSA) is 46.2 Å². The van der Waals surface area contributed by atoms with Gasteiger partial charge in [0, 0.05) is 12.3 Å². The van der Waals surface area contributed by atoms with Crippen LogP contribution in [0.15, 0.2) is 24.3 Å². The lowest BCUT2D eigenvalue weighted by molar-refractivity contribution is 0.250. The molecule has 1 atom stereocenters. The monoisotopic (exact) mass is 225 g/mol. The summed E-state index contributed by atoms with van der Waals surface area (Å²) < 4.78 is 0. The third kappa shape index (κ3) is 4.58. The first kappa shape index (κ1) is 12.4. The number of aliphatic hydroxyl groups excluding tert-OH is 1. The highest BCUT2D eigenvalue weighted by Gasteiger charge is 2.01. The molecule has 0 aliphatic rings. The maximum atomic E-state index is 8.86. The Balaban J connectivity index is 2.23. The summed E-state index contributed by atoms with van der Waals surface area (Å²) in [6.45, 7) is 2.34. The minimum Gasteiger partial charge on any atom is -0.399 e. The Morgan fingerprint density at radius 3 is 2.80 bits per heavy atom. The molecule has 0 aromatic heterocycles. The number of aryl methyl sites for hydroxylation is 1. The molecule has 0 amide bonds. The maximum Gasteiger partial charge on any atom is 0.0464 e. The van der Waals surface area contributed by atoms with Gasteiger partial charge < -0.3 is 10.8 Å². The Labute approximate surface area is 95.9 Å². The molecule has 15 heavy (non-hydrogen) atoms. The van der Waals surface area contributed by atoms with E-state index in [9.17, 15) is 0 Å². The van der Waals surface area contributed by atoms with Crippen molar-refractivity contribution in [3.8, 4) is 0 Å². The van der Waals surface area contributed by atoms with E-state index in [-0.39, 0.29) is 6.61 Å². The molecule has 0 aliphatic carbocycles. The van der Waals surface area contributed by atoms with E-state index in [0.29, 0.717) is 5.92 Å². The molecule has 0 radical (unpaired) electrons. The van der Waals surface area contributed by atoms with Crippen LogP contribution in [-0.4, -0.2) is 23.2 Å². The third-order valence-electron chi connectivity index (χ3n) is 2.28. The van der Waals surface area contributed by atoms with E-state index in [4.69, 9.17) is 10.8 Å². The van der Waals surface area contributed by atoms with Crippen molar-refractivity contribution in [3.05, 3.63) is 29.8 Å². The number of aliphatic hydroxyl groups is 1. The standard InChI is InChI=1S/C12H19NOS/c1-10(8-14)9-15-7-6-11-4-2-3-5-12(11)13/h2-5,10,14H,6-9,13H2,1H3. The summed E-state index contributed by atoms with van der Waals surface area (Å²) in [4.78, 5) is 0. The van der Waals surface area contributed by atoms with E-state index < -0.39 is 0 Å². The summed E-state index contributed by atoms with van der Waals surface area (Å²) in [5.41, 5.74) is 7.95. The van der Waals surface area contributed by atoms with Crippen LogP contribution in [0.1, 0.15) is 12.5 Å². The molecule has 0 saturated heterocycles. The maximum absolute atomic E-state index is 8.86. The fourth-order valence-electron chi connectivity index (χ4n) is 1.28. The summed E-state index contributed by atoms with van der Waals surface area (Å²) in [5, 5.41) is 8.86. The van der Waals surface area contributed by atoms with E-state index in [1.807, 2.05) is 30.0 Å². The van der Waals surface area contributed by atoms with Crippen molar-refractivity contribution >= 4 is 17.4 Å². The Kier molecular flexibility index (Phi) is 5.58. The van der Waals surface area contributed by atoms with E-state index in [1.54, 1.807) is 0 Å². The van der Waals surface area contributed by atoms with Gasteiger partial charge in [-0.2, -0.15) is 11.8 Å². The molecule has 0 spiro atoms.